The molecule has 0 bridgehead atoms. The number of hydrogen-bond donors (Lipinski definition) is 2. The Morgan fingerprint density at radius 1 is 1.40 bits per heavy atom. The van der Waals surface area contributed by atoms with Gasteiger partial charge >= 0.3 is 5.97 Å². The second-order valence-corrected chi connectivity index (χ2v) is 4.95. The Balaban J connectivity index is 1.96. The predicted molar refractivity (Wildman–Crippen MR) is 70.7 cm³/mol. The summed E-state index contributed by atoms with van der Waals surface area (Å²) in [5.41, 5.74) is 0.755. The lowest BCUT2D eigenvalue weighted by Crippen LogP contribution is -2.26. The molecule has 1 aromatic heterocycles. The summed E-state index contributed by atoms with van der Waals surface area (Å²) in [5.74, 6) is 0.0195. The summed E-state index contributed by atoms with van der Waals surface area (Å²) >= 11 is 0. The first-order chi connectivity index (χ1) is 9.70. The molecular weight excluding hydrogens is 282 g/mol. The molecular formula is C11H13N5O3S. The quantitative estimate of drug-likeness (QED) is 0.728. The van der Waals surface area contributed by atoms with Gasteiger partial charge in [0.25, 0.3) is 0 Å². The van der Waals surface area contributed by atoms with E-state index in [1.54, 1.807) is 31.2 Å². The van der Waals surface area contributed by atoms with Crippen LogP contribution in [-0.2, 0) is 20.5 Å². The highest BCUT2D eigenvalue weighted by Gasteiger charge is 2.08. The van der Waals surface area contributed by atoms with Gasteiger partial charge in [-0.25, -0.2) is 8.93 Å². The Bertz CT molecular complexity index is 585. The number of carbonyl (C=O) groups is 1. The predicted octanol–water partition coefficient (Wildman–Crippen LogP) is 0.0420. The van der Waals surface area contributed by atoms with Crippen molar-refractivity contribution in [2.24, 2.45) is 0 Å². The fourth-order valence-corrected chi connectivity index (χ4v) is 2.23. The van der Waals surface area contributed by atoms with Gasteiger partial charge in [0.1, 0.15) is 17.5 Å². The fraction of sp³-hybridized carbons (Fsp3) is 0.273. The number of hydrogen-bond acceptors (Lipinski definition) is 6. The molecule has 2 rings (SSSR count). The van der Waals surface area contributed by atoms with E-state index in [4.69, 9.17) is 4.74 Å². The Morgan fingerprint density at radius 2 is 2.15 bits per heavy atom. The summed E-state index contributed by atoms with van der Waals surface area (Å²) in [7, 11) is -1.48. The van der Waals surface area contributed by atoms with Crippen molar-refractivity contribution in [1.82, 2.24) is 25.3 Å². The third kappa shape index (κ3) is 3.68. The summed E-state index contributed by atoms with van der Waals surface area (Å²) in [6, 6.07) is 6.79. The number of nitrogens with one attached hydrogen (secondary N) is 2. The van der Waals surface area contributed by atoms with Crippen molar-refractivity contribution in [3.8, 4) is 11.4 Å². The van der Waals surface area contributed by atoms with Crippen molar-refractivity contribution in [1.29, 1.82) is 0 Å². The standard InChI is InChI=1S/C11H13N5O3S/c1-2-19-10(17)7-12-20(18)9-5-3-8(4-6-9)11-13-15-16-14-11/h3-6,12H,2,7H2,1H3,(H,13,14,15,16). The minimum absolute atomic E-state index is 0.104. The van der Waals surface area contributed by atoms with Crippen molar-refractivity contribution in [3.05, 3.63) is 24.3 Å². The summed E-state index contributed by atoms with van der Waals surface area (Å²) in [6.07, 6.45) is 0. The fourth-order valence-electron chi connectivity index (χ4n) is 1.43. The van der Waals surface area contributed by atoms with Gasteiger partial charge in [0, 0.05) is 5.56 Å². The van der Waals surface area contributed by atoms with Gasteiger partial charge in [0.15, 0.2) is 0 Å². The number of esters is 1. The van der Waals surface area contributed by atoms with Crippen molar-refractivity contribution in [2.45, 2.75) is 11.8 Å². The SMILES string of the molecule is CCOC(=O)CNS(=O)c1ccc(-c2nn[nH]n2)cc1. The van der Waals surface area contributed by atoms with Crippen LogP contribution in [0.1, 0.15) is 6.92 Å². The lowest BCUT2D eigenvalue weighted by molar-refractivity contribution is -0.141. The number of benzene rings is 1. The van der Waals surface area contributed by atoms with E-state index in [0.717, 1.165) is 5.56 Å². The molecule has 0 aliphatic carbocycles. The molecule has 0 radical (unpaired) electrons. The van der Waals surface area contributed by atoms with Crippen LogP contribution in [0.2, 0.25) is 0 Å². The Kier molecular flexibility index (Phi) is 4.91. The van der Waals surface area contributed by atoms with Crippen LogP contribution in [0.15, 0.2) is 29.2 Å². The van der Waals surface area contributed by atoms with E-state index in [0.29, 0.717) is 17.3 Å². The lowest BCUT2D eigenvalue weighted by Gasteiger charge is -2.05. The number of aromatic amines is 1. The van der Waals surface area contributed by atoms with Gasteiger partial charge in [-0.05, 0) is 36.4 Å². The first-order valence-corrected chi connectivity index (χ1v) is 7.00. The van der Waals surface area contributed by atoms with Crippen molar-refractivity contribution >= 4 is 17.0 Å². The van der Waals surface area contributed by atoms with Crippen LogP contribution >= 0.6 is 0 Å². The minimum Gasteiger partial charge on any atom is -0.465 e. The molecule has 1 aromatic carbocycles. The third-order valence-electron chi connectivity index (χ3n) is 2.32. The maximum atomic E-state index is 11.9. The number of aromatic nitrogens is 4. The molecule has 1 heterocycles. The summed E-state index contributed by atoms with van der Waals surface area (Å²) in [6.45, 7) is 1.91. The van der Waals surface area contributed by atoms with E-state index in [1.807, 2.05) is 0 Å². The average Bonchev–Trinajstić information content (AvgIpc) is 2.99. The molecule has 1 unspecified atom stereocenters. The van der Waals surface area contributed by atoms with Crippen LogP contribution < -0.4 is 4.72 Å². The highest BCUT2D eigenvalue weighted by atomic mass is 32.2. The number of nitrogens with zero attached hydrogens (tertiary/aromatic N) is 3. The zero-order chi connectivity index (χ0) is 14.4. The number of ether oxygens (including phenoxy) is 1. The van der Waals surface area contributed by atoms with Gasteiger partial charge in [-0.3, -0.25) is 4.79 Å². The van der Waals surface area contributed by atoms with E-state index >= 15 is 0 Å². The molecule has 2 N–H and O–H groups in total. The molecule has 0 spiro atoms. The van der Waals surface area contributed by atoms with Crippen LogP contribution in [-0.4, -0.2) is 44.0 Å². The molecule has 2 aromatic rings. The summed E-state index contributed by atoms with van der Waals surface area (Å²) in [5, 5.41) is 13.5. The summed E-state index contributed by atoms with van der Waals surface area (Å²) < 4.78 is 19.2. The van der Waals surface area contributed by atoms with Crippen LogP contribution in [0.25, 0.3) is 11.4 Å². The van der Waals surface area contributed by atoms with Gasteiger partial charge in [-0.1, -0.05) is 0 Å². The monoisotopic (exact) mass is 295 g/mol. The van der Waals surface area contributed by atoms with E-state index < -0.39 is 17.0 Å². The molecule has 0 aliphatic rings. The first kappa shape index (κ1) is 14.3. The Morgan fingerprint density at radius 3 is 2.75 bits per heavy atom. The maximum Gasteiger partial charge on any atom is 0.320 e. The third-order valence-corrected chi connectivity index (χ3v) is 3.43. The van der Waals surface area contributed by atoms with Crippen molar-refractivity contribution in [3.63, 3.8) is 0 Å². The number of carbonyl (C=O) groups excluding carboxylic acids is 1. The second-order valence-electron chi connectivity index (χ2n) is 3.65. The highest BCUT2D eigenvalue weighted by Crippen LogP contribution is 2.15. The number of tetrazole rings is 1. The zero-order valence-electron chi connectivity index (χ0n) is 10.7. The van der Waals surface area contributed by atoms with Crippen LogP contribution in [0, 0.1) is 0 Å². The molecule has 8 nitrogen and oxygen atoms in total. The second kappa shape index (κ2) is 6.87. The minimum atomic E-state index is -1.48. The maximum absolute atomic E-state index is 11.9. The lowest BCUT2D eigenvalue weighted by atomic mass is 10.2. The number of H-pyrrole nitrogens is 1. The van der Waals surface area contributed by atoms with E-state index in [1.165, 1.54) is 0 Å². The molecule has 20 heavy (non-hydrogen) atoms. The van der Waals surface area contributed by atoms with E-state index in [-0.39, 0.29) is 6.54 Å². The normalized spacial score (nSPS) is 12.1. The highest BCUT2D eigenvalue weighted by molar-refractivity contribution is 7.83. The number of rotatable bonds is 6. The summed E-state index contributed by atoms with van der Waals surface area (Å²) in [4.78, 5) is 11.7. The smallest absolute Gasteiger partial charge is 0.320 e. The molecule has 106 valence electrons. The molecule has 0 fully saturated rings. The van der Waals surface area contributed by atoms with Gasteiger partial charge in [0.2, 0.25) is 5.82 Å². The van der Waals surface area contributed by atoms with Crippen LogP contribution in [0.3, 0.4) is 0 Å². The first-order valence-electron chi connectivity index (χ1n) is 5.85. The molecule has 9 heteroatoms. The van der Waals surface area contributed by atoms with Gasteiger partial charge in [-0.15, -0.1) is 10.2 Å². The largest absolute Gasteiger partial charge is 0.465 e. The van der Waals surface area contributed by atoms with Crippen LogP contribution in [0.5, 0.6) is 0 Å². The van der Waals surface area contributed by atoms with Gasteiger partial charge in [-0.2, -0.15) is 5.21 Å². The average molecular weight is 295 g/mol. The molecule has 0 aliphatic heterocycles. The van der Waals surface area contributed by atoms with Crippen molar-refractivity contribution in [2.75, 3.05) is 13.2 Å². The molecule has 0 saturated carbocycles. The van der Waals surface area contributed by atoms with Crippen LogP contribution in [0.4, 0.5) is 0 Å². The van der Waals surface area contributed by atoms with Crippen molar-refractivity contribution < 1.29 is 13.7 Å². The molecule has 1 atom stereocenters. The van der Waals surface area contributed by atoms with E-state index in [2.05, 4.69) is 25.3 Å². The Hall–Kier alpha value is -2.13. The van der Waals surface area contributed by atoms with Gasteiger partial charge < -0.3 is 4.74 Å². The molecule has 0 saturated heterocycles. The Labute approximate surface area is 117 Å². The molecule has 0 amide bonds. The topological polar surface area (TPSA) is 110 Å². The van der Waals surface area contributed by atoms with E-state index in [9.17, 15) is 9.00 Å². The van der Waals surface area contributed by atoms with Gasteiger partial charge in [0.05, 0.1) is 11.5 Å². The zero-order valence-corrected chi connectivity index (χ0v) is 11.5.